The second-order valence-corrected chi connectivity index (χ2v) is 10.6. The Morgan fingerprint density at radius 2 is 1.63 bits per heavy atom. The SMILES string of the molecule is Cc1c2c(cc3c4cc(F)ccc4n(CCCN(C)C)c13)C1C=C(F)C=CC1N2CCCN(C)C. The summed E-state index contributed by atoms with van der Waals surface area (Å²) in [6, 6.07) is 7.45. The van der Waals surface area contributed by atoms with Crippen molar-refractivity contribution in [3.63, 3.8) is 0 Å². The lowest BCUT2D eigenvalue weighted by Crippen LogP contribution is -2.35. The van der Waals surface area contributed by atoms with E-state index in [9.17, 15) is 8.78 Å². The van der Waals surface area contributed by atoms with Gasteiger partial charge < -0.3 is 19.3 Å². The molecular formula is C29H36F2N4. The maximum Gasteiger partial charge on any atom is 0.123 e. The minimum Gasteiger partial charge on any atom is -0.364 e. The average molecular weight is 479 g/mol. The number of hydrogen-bond acceptors (Lipinski definition) is 3. The maximum absolute atomic E-state index is 14.4. The van der Waals surface area contributed by atoms with Crippen LogP contribution in [0.2, 0.25) is 0 Å². The summed E-state index contributed by atoms with van der Waals surface area (Å²) in [4.78, 5) is 6.88. The molecule has 1 aliphatic carbocycles. The van der Waals surface area contributed by atoms with Gasteiger partial charge in [0.15, 0.2) is 0 Å². The normalized spacial score (nSPS) is 19.3. The highest BCUT2D eigenvalue weighted by atomic mass is 19.1. The lowest BCUT2D eigenvalue weighted by molar-refractivity contribution is 0.389. The summed E-state index contributed by atoms with van der Waals surface area (Å²) in [5, 5.41) is 2.01. The lowest BCUT2D eigenvalue weighted by atomic mass is 9.89. The number of nitrogens with zero attached hydrogens (tertiary/aromatic N) is 4. The first-order valence-electron chi connectivity index (χ1n) is 12.6. The van der Waals surface area contributed by atoms with E-state index in [1.54, 1.807) is 24.3 Å². The van der Waals surface area contributed by atoms with Gasteiger partial charge in [0.05, 0.1) is 11.6 Å². The van der Waals surface area contributed by atoms with Gasteiger partial charge in [-0.1, -0.05) is 6.08 Å². The number of hydrogen-bond donors (Lipinski definition) is 0. The van der Waals surface area contributed by atoms with E-state index in [2.05, 4.69) is 60.4 Å². The van der Waals surface area contributed by atoms with Gasteiger partial charge in [0.1, 0.15) is 11.6 Å². The molecule has 1 aliphatic heterocycles. The fourth-order valence-corrected chi connectivity index (χ4v) is 6.04. The molecule has 0 fully saturated rings. The van der Waals surface area contributed by atoms with Crippen molar-refractivity contribution in [2.24, 2.45) is 0 Å². The van der Waals surface area contributed by atoms with Crippen LogP contribution in [0, 0.1) is 12.7 Å². The molecular weight excluding hydrogens is 442 g/mol. The second-order valence-electron chi connectivity index (χ2n) is 10.6. The van der Waals surface area contributed by atoms with Gasteiger partial charge in [-0.2, -0.15) is 0 Å². The highest BCUT2D eigenvalue weighted by molar-refractivity contribution is 6.11. The Labute approximate surface area is 207 Å². The van der Waals surface area contributed by atoms with Crippen LogP contribution in [-0.2, 0) is 6.54 Å². The van der Waals surface area contributed by atoms with Crippen molar-refractivity contribution in [2.75, 3.05) is 52.7 Å². The van der Waals surface area contributed by atoms with Crippen LogP contribution in [0.4, 0.5) is 14.5 Å². The zero-order valence-electron chi connectivity index (χ0n) is 21.5. The van der Waals surface area contributed by atoms with E-state index in [0.29, 0.717) is 0 Å². The quantitative estimate of drug-likeness (QED) is 0.404. The third kappa shape index (κ3) is 4.27. The van der Waals surface area contributed by atoms with Crippen LogP contribution >= 0.6 is 0 Å². The van der Waals surface area contributed by atoms with Gasteiger partial charge in [-0.3, -0.25) is 0 Å². The van der Waals surface area contributed by atoms with Crippen LogP contribution in [0.5, 0.6) is 0 Å². The van der Waals surface area contributed by atoms with Crippen LogP contribution < -0.4 is 4.90 Å². The summed E-state index contributed by atoms with van der Waals surface area (Å²) in [5.74, 6) is -0.432. The Bertz CT molecular complexity index is 1320. The second kappa shape index (κ2) is 9.40. The standard InChI is InChI=1S/C29H36F2N4/c1-19-28-24(22-16-20(30)8-10-26(22)34(28)14-6-12-32(2)3)18-25-23-17-21(31)9-11-27(23)35(29(19)25)15-7-13-33(4)5/h8-11,16-18,22,26H,6-7,12-15H2,1-5H3. The summed E-state index contributed by atoms with van der Waals surface area (Å²) < 4.78 is 31.2. The van der Waals surface area contributed by atoms with Crippen molar-refractivity contribution in [1.29, 1.82) is 0 Å². The van der Waals surface area contributed by atoms with Gasteiger partial charge in [-0.15, -0.1) is 0 Å². The number of allylic oxidation sites excluding steroid dienone is 2. The molecule has 0 amide bonds. The fraction of sp³-hybridized carbons (Fsp3) is 0.448. The predicted octanol–water partition coefficient (Wildman–Crippen LogP) is 5.84. The molecule has 0 spiro atoms. The highest BCUT2D eigenvalue weighted by Gasteiger charge is 2.39. The molecule has 2 aliphatic rings. The van der Waals surface area contributed by atoms with E-state index >= 15 is 0 Å². The van der Waals surface area contributed by atoms with E-state index in [0.717, 1.165) is 60.9 Å². The molecule has 35 heavy (non-hydrogen) atoms. The topological polar surface area (TPSA) is 14.7 Å². The first-order valence-corrected chi connectivity index (χ1v) is 12.6. The predicted molar refractivity (Wildman–Crippen MR) is 143 cm³/mol. The van der Waals surface area contributed by atoms with Gasteiger partial charge in [0.25, 0.3) is 0 Å². The largest absolute Gasteiger partial charge is 0.364 e. The molecule has 2 heterocycles. The third-order valence-electron chi connectivity index (χ3n) is 7.51. The molecule has 186 valence electrons. The minimum absolute atomic E-state index is 0.0295. The zero-order valence-corrected chi connectivity index (χ0v) is 21.5. The number of halogens is 2. The molecule has 2 aromatic carbocycles. The van der Waals surface area contributed by atoms with Gasteiger partial charge >= 0.3 is 0 Å². The van der Waals surface area contributed by atoms with Crippen LogP contribution in [-0.4, -0.2) is 68.2 Å². The highest BCUT2D eigenvalue weighted by Crippen LogP contribution is 2.50. The Hall–Kier alpha value is -2.70. The first kappa shape index (κ1) is 24.0. The van der Waals surface area contributed by atoms with E-state index in [1.165, 1.54) is 16.8 Å². The number of fused-ring (bicyclic) bond motifs is 6. The molecule has 0 saturated carbocycles. The molecule has 0 radical (unpaired) electrons. The van der Waals surface area contributed by atoms with Crippen molar-refractivity contribution in [3.8, 4) is 0 Å². The van der Waals surface area contributed by atoms with Crippen molar-refractivity contribution < 1.29 is 8.78 Å². The molecule has 6 heteroatoms. The Balaban J connectivity index is 1.70. The summed E-state index contributed by atoms with van der Waals surface area (Å²) >= 11 is 0. The van der Waals surface area contributed by atoms with Crippen LogP contribution in [0.25, 0.3) is 21.8 Å². The van der Waals surface area contributed by atoms with Gasteiger partial charge in [-0.25, -0.2) is 8.78 Å². The number of aromatic nitrogens is 1. The van der Waals surface area contributed by atoms with Crippen molar-refractivity contribution >= 4 is 27.5 Å². The molecule has 2 atom stereocenters. The van der Waals surface area contributed by atoms with E-state index in [1.807, 2.05) is 12.1 Å². The fourth-order valence-electron chi connectivity index (χ4n) is 6.04. The molecule has 5 rings (SSSR count). The smallest absolute Gasteiger partial charge is 0.123 e. The number of anilines is 1. The maximum atomic E-state index is 14.4. The molecule has 4 nitrogen and oxygen atoms in total. The van der Waals surface area contributed by atoms with E-state index < -0.39 is 0 Å². The number of rotatable bonds is 8. The first-order chi connectivity index (χ1) is 16.8. The van der Waals surface area contributed by atoms with Gasteiger partial charge in [0, 0.05) is 41.0 Å². The molecule has 1 aromatic heterocycles. The molecule has 0 N–H and O–H groups in total. The molecule has 3 aromatic rings. The minimum atomic E-state index is -0.224. The number of benzene rings is 2. The Kier molecular flexibility index (Phi) is 6.45. The van der Waals surface area contributed by atoms with Crippen molar-refractivity contribution in [2.45, 2.75) is 38.3 Å². The molecule has 0 saturated heterocycles. The monoisotopic (exact) mass is 478 g/mol. The van der Waals surface area contributed by atoms with Gasteiger partial charge in [0.2, 0.25) is 0 Å². The van der Waals surface area contributed by atoms with Gasteiger partial charge in [-0.05, 0) is 109 Å². The van der Waals surface area contributed by atoms with Crippen LogP contribution in [0.15, 0.2) is 48.3 Å². The van der Waals surface area contributed by atoms with Crippen molar-refractivity contribution in [1.82, 2.24) is 14.4 Å². The van der Waals surface area contributed by atoms with E-state index in [-0.39, 0.29) is 23.6 Å². The average Bonchev–Trinajstić information content (AvgIpc) is 3.26. The summed E-state index contributed by atoms with van der Waals surface area (Å²) in [5.41, 5.74) is 5.82. The van der Waals surface area contributed by atoms with Crippen LogP contribution in [0.1, 0.15) is 29.9 Å². The Morgan fingerprint density at radius 3 is 2.34 bits per heavy atom. The summed E-state index contributed by atoms with van der Waals surface area (Å²) in [7, 11) is 8.37. The Morgan fingerprint density at radius 1 is 0.914 bits per heavy atom. The molecule has 0 bridgehead atoms. The van der Waals surface area contributed by atoms with Crippen LogP contribution in [0.3, 0.4) is 0 Å². The summed E-state index contributed by atoms with van der Waals surface area (Å²) in [6.45, 7) is 5.96. The summed E-state index contributed by atoms with van der Waals surface area (Å²) in [6.07, 6.45) is 7.42. The zero-order chi connectivity index (χ0) is 24.9. The van der Waals surface area contributed by atoms with E-state index in [4.69, 9.17) is 0 Å². The lowest BCUT2D eigenvalue weighted by Gasteiger charge is -2.30. The molecule has 2 unspecified atom stereocenters. The number of aryl methyl sites for hydroxylation is 2. The van der Waals surface area contributed by atoms with Crippen molar-refractivity contribution in [3.05, 3.63) is 65.3 Å². The third-order valence-corrected chi connectivity index (χ3v) is 7.51.